The molecule has 6 nitrogen and oxygen atoms in total. The third-order valence-electron chi connectivity index (χ3n) is 14.3. The maximum Gasteiger partial charge on any atom is 0.126 e. The van der Waals surface area contributed by atoms with Crippen LogP contribution >= 0.6 is 0 Å². The Morgan fingerprint density at radius 1 is 0.347 bits per heavy atom. The summed E-state index contributed by atoms with van der Waals surface area (Å²) < 4.78 is 12.9. The maximum atomic E-state index is 12.1. The topological polar surface area (TPSA) is 99.4 Å². The highest BCUT2D eigenvalue weighted by molar-refractivity contribution is 5.73. The van der Waals surface area contributed by atoms with Gasteiger partial charge in [-0.05, 0) is 137 Å². The summed E-state index contributed by atoms with van der Waals surface area (Å²) in [4.78, 5) is 0. The summed E-state index contributed by atoms with van der Waals surface area (Å²) in [5.41, 5.74) is 16.3. The Morgan fingerprint density at radius 3 is 0.764 bits per heavy atom. The molecule has 0 spiro atoms. The van der Waals surface area contributed by atoms with E-state index in [9.17, 15) is 20.4 Å². The van der Waals surface area contributed by atoms with E-state index in [1.165, 1.54) is 0 Å². The Hall–Kier alpha value is -8.32. The van der Waals surface area contributed by atoms with Crippen molar-refractivity contribution in [2.45, 2.75) is 78.1 Å². The van der Waals surface area contributed by atoms with Crippen LogP contribution in [0.15, 0.2) is 133 Å². The molecule has 0 heterocycles. The van der Waals surface area contributed by atoms with Crippen LogP contribution in [0.2, 0.25) is 0 Å². The molecular formula is C66H58O6. The minimum Gasteiger partial charge on any atom is -0.507 e. The predicted octanol–water partition coefficient (Wildman–Crippen LogP) is 13.1. The fraction of sp³-hybridized carbons (Fsp3) is 0.212. The molecule has 6 heteroatoms. The number of rotatable bonds is 7. The highest BCUT2D eigenvalue weighted by atomic mass is 16.5. The molecule has 4 N–H and O–H groups in total. The second kappa shape index (κ2) is 20.6. The van der Waals surface area contributed by atoms with Crippen LogP contribution in [0.25, 0.3) is 11.1 Å². The Kier molecular flexibility index (Phi) is 13.5. The van der Waals surface area contributed by atoms with Crippen LogP contribution in [-0.2, 0) is 51.4 Å². The van der Waals surface area contributed by atoms with Crippen molar-refractivity contribution >= 4 is 0 Å². The number of fused-ring (bicyclic) bond motifs is 16. The van der Waals surface area contributed by atoms with E-state index in [0.717, 1.165) is 124 Å². The largest absolute Gasteiger partial charge is 0.507 e. The van der Waals surface area contributed by atoms with E-state index < -0.39 is 0 Å². The van der Waals surface area contributed by atoms with Gasteiger partial charge in [0.15, 0.2) is 0 Å². The van der Waals surface area contributed by atoms with Crippen LogP contribution < -0.4 is 9.47 Å². The lowest BCUT2D eigenvalue weighted by atomic mass is 9.84. The summed E-state index contributed by atoms with van der Waals surface area (Å²) in [5.74, 6) is 8.44. The van der Waals surface area contributed by atoms with Crippen LogP contribution in [-0.4, -0.2) is 33.6 Å². The minimum atomic E-state index is 0.206. The normalized spacial score (nSPS) is 12.8. The van der Waals surface area contributed by atoms with Crippen LogP contribution in [0.1, 0.15) is 127 Å². The molecule has 0 fully saturated rings. The van der Waals surface area contributed by atoms with E-state index in [2.05, 4.69) is 50.0 Å². The second-order valence-electron chi connectivity index (χ2n) is 19.2. The van der Waals surface area contributed by atoms with Crippen LogP contribution in [0.3, 0.4) is 0 Å². The van der Waals surface area contributed by atoms with Gasteiger partial charge < -0.3 is 29.9 Å². The molecule has 2 aliphatic carbocycles. The van der Waals surface area contributed by atoms with Gasteiger partial charge in [0.05, 0.1) is 13.2 Å². The molecule has 0 amide bonds. The zero-order chi connectivity index (χ0) is 49.9. The van der Waals surface area contributed by atoms with Crippen LogP contribution in [0.4, 0.5) is 0 Å². The zero-order valence-corrected chi connectivity index (χ0v) is 40.9. The van der Waals surface area contributed by atoms with Gasteiger partial charge in [-0.1, -0.05) is 135 Å². The number of phenols is 4. The lowest BCUT2D eigenvalue weighted by molar-refractivity contribution is 0.311. The molecule has 0 saturated heterocycles. The average Bonchev–Trinajstić information content (AvgIpc) is 3.37. The molecule has 0 aromatic heterocycles. The number of terminal acetylenes is 2. The first-order valence-corrected chi connectivity index (χ1v) is 25.1. The van der Waals surface area contributed by atoms with Crippen molar-refractivity contribution in [2.24, 2.45) is 0 Å². The fourth-order valence-corrected chi connectivity index (χ4v) is 10.8. The first-order chi connectivity index (χ1) is 35.1. The number of hydrogen-bond donors (Lipinski definition) is 4. The number of ether oxygens (including phenoxy) is 2. The fourth-order valence-electron chi connectivity index (χ4n) is 10.8. The van der Waals surface area contributed by atoms with Gasteiger partial charge >= 0.3 is 0 Å². The van der Waals surface area contributed by atoms with Crippen molar-refractivity contribution in [3.8, 4) is 70.3 Å². The number of phenolic OH excluding ortho intramolecular Hbond substituents is 4. The van der Waals surface area contributed by atoms with Crippen molar-refractivity contribution in [2.75, 3.05) is 13.2 Å². The van der Waals surface area contributed by atoms with E-state index in [1.54, 1.807) is 0 Å². The summed E-state index contributed by atoms with van der Waals surface area (Å²) in [6.45, 7) is 5.24. The number of para-hydroxylation sites is 6. The third-order valence-corrected chi connectivity index (χ3v) is 14.3. The van der Waals surface area contributed by atoms with E-state index in [4.69, 9.17) is 22.3 Å². The Labute approximate surface area is 423 Å². The molecule has 10 rings (SSSR count). The number of aromatic hydroxyl groups is 4. The van der Waals surface area contributed by atoms with Gasteiger partial charge in [-0.3, -0.25) is 0 Å². The smallest absolute Gasteiger partial charge is 0.126 e. The van der Waals surface area contributed by atoms with Gasteiger partial charge in [-0.2, -0.15) is 0 Å². The molecule has 0 aliphatic heterocycles. The Balaban J connectivity index is 1.16. The summed E-state index contributed by atoms with van der Waals surface area (Å²) in [7, 11) is 0. The molecular weight excluding hydrogens is 889 g/mol. The maximum absolute atomic E-state index is 12.1. The molecule has 16 bridgehead atoms. The van der Waals surface area contributed by atoms with Crippen molar-refractivity contribution in [3.05, 3.63) is 234 Å². The van der Waals surface area contributed by atoms with E-state index in [0.29, 0.717) is 75.7 Å². The number of benzene rings is 8. The van der Waals surface area contributed by atoms with Gasteiger partial charge in [0, 0.05) is 62.5 Å². The monoisotopic (exact) mass is 946 g/mol. The Bertz CT molecular complexity index is 3050. The van der Waals surface area contributed by atoms with Gasteiger partial charge in [0.25, 0.3) is 0 Å². The van der Waals surface area contributed by atoms with Crippen molar-refractivity contribution in [1.29, 1.82) is 0 Å². The van der Waals surface area contributed by atoms with Crippen molar-refractivity contribution in [3.63, 3.8) is 0 Å². The minimum absolute atomic E-state index is 0.206. The first-order valence-electron chi connectivity index (χ1n) is 25.1. The molecule has 0 radical (unpaired) electrons. The first kappa shape index (κ1) is 47.4. The summed E-state index contributed by atoms with van der Waals surface area (Å²) in [5, 5.41) is 48.5. The summed E-state index contributed by atoms with van der Waals surface area (Å²) >= 11 is 0. The SMILES string of the molecule is C#Cc1c2cc(-c3cc4c(C#C)c(c3)Cc3cccc(c3O)Cc3cccc(c3OCCC)Cc3cccc(c3O)C4)cc1Cc1cccc(c1O)Cc1cccc(c1OCCC)Cc1cccc(c1O)C2. The van der Waals surface area contributed by atoms with Gasteiger partial charge in [-0.25, -0.2) is 0 Å². The third kappa shape index (κ3) is 9.37. The van der Waals surface area contributed by atoms with Crippen LogP contribution in [0, 0.1) is 24.7 Å². The molecule has 72 heavy (non-hydrogen) atoms. The molecule has 8 aromatic rings. The van der Waals surface area contributed by atoms with E-state index in [-0.39, 0.29) is 23.0 Å². The van der Waals surface area contributed by atoms with E-state index in [1.807, 2.05) is 109 Å². The number of hydrogen-bond acceptors (Lipinski definition) is 6. The zero-order valence-electron chi connectivity index (χ0n) is 40.9. The molecule has 0 atom stereocenters. The highest BCUT2D eigenvalue weighted by Gasteiger charge is 2.24. The van der Waals surface area contributed by atoms with Crippen molar-refractivity contribution < 1.29 is 29.9 Å². The van der Waals surface area contributed by atoms with Gasteiger partial charge in [0.2, 0.25) is 0 Å². The lowest BCUT2D eigenvalue weighted by Crippen LogP contribution is -2.07. The highest BCUT2D eigenvalue weighted by Crippen LogP contribution is 2.41. The molecule has 0 saturated carbocycles. The van der Waals surface area contributed by atoms with Crippen LogP contribution in [0.5, 0.6) is 34.5 Å². The molecule has 0 unspecified atom stereocenters. The van der Waals surface area contributed by atoms with E-state index >= 15 is 0 Å². The molecule has 2 aliphatic rings. The Morgan fingerprint density at radius 2 is 0.556 bits per heavy atom. The predicted molar refractivity (Wildman–Crippen MR) is 287 cm³/mol. The average molecular weight is 947 g/mol. The molecule has 358 valence electrons. The quantitative estimate of drug-likeness (QED) is 0.119. The molecule has 8 aromatic carbocycles. The van der Waals surface area contributed by atoms with Crippen molar-refractivity contribution in [1.82, 2.24) is 0 Å². The summed E-state index contributed by atoms with van der Waals surface area (Å²) in [6.07, 6.45) is 17.8. The lowest BCUT2D eigenvalue weighted by Gasteiger charge is -2.21. The van der Waals surface area contributed by atoms with Gasteiger partial charge in [0.1, 0.15) is 34.5 Å². The summed E-state index contributed by atoms with van der Waals surface area (Å²) in [6, 6.07) is 44.2. The standard InChI is InChI=1S/C66H58O6/c1-5-27-71-65-49-23-13-24-50(65)30-42-16-10-20-46(62(42)68)34-56-38-53(37-55(59(56)7-3)33-45-19-9-15-41(29-49)61(45)67)54-39-57-35-47-21-11-17-43(63(47)69)31-51-25-14-26-52(66(51)72-28-6-2)32-44-18-12-22-48(64(44)70)36-58(40-54)60(57)8-4/h3-4,9-26,37-40,67-70H,5-6,27-36H2,1-2H3. The second-order valence-corrected chi connectivity index (χ2v) is 19.2. The van der Waals surface area contributed by atoms with Gasteiger partial charge in [-0.15, -0.1) is 12.8 Å².